The summed E-state index contributed by atoms with van der Waals surface area (Å²) in [5.41, 5.74) is 3.17. The smallest absolute Gasteiger partial charge is 0.182 e. The Morgan fingerprint density at radius 3 is 2.03 bits per heavy atom. The third-order valence-corrected chi connectivity index (χ3v) is 11.6. The maximum Gasteiger partial charge on any atom is 0.182 e. The number of fused-ring (bicyclic) bond motifs is 5. The van der Waals surface area contributed by atoms with Gasteiger partial charge in [0.1, 0.15) is 9.16 Å². The van der Waals surface area contributed by atoms with Crippen LogP contribution in [0, 0.1) is 0 Å². The van der Waals surface area contributed by atoms with E-state index in [9.17, 15) is 8.42 Å². The van der Waals surface area contributed by atoms with Crippen molar-refractivity contribution in [2.24, 2.45) is 0 Å². The number of aryl methyl sites for hydroxylation is 2. The van der Waals surface area contributed by atoms with E-state index in [0.717, 1.165) is 0 Å². The van der Waals surface area contributed by atoms with Crippen molar-refractivity contribution in [2.45, 2.75) is 34.8 Å². The molecule has 2 unspecified atom stereocenters. The minimum absolute atomic E-state index is 0.448. The average Bonchev–Trinajstić information content (AvgIpc) is 2.90. The van der Waals surface area contributed by atoms with E-state index in [4.69, 9.17) is 0 Å². The van der Waals surface area contributed by atoms with E-state index in [-0.39, 0.29) is 0 Å². The molecular weight excluding hydrogens is 465 g/mol. The van der Waals surface area contributed by atoms with E-state index < -0.39 is 19.0 Å². The SMILES string of the molecule is O=S(=O)(C1C=CC=CS1)C1C=CC=CS1.c1ccc2c(c1)ccc1c3c(ccc12)CCCC3. The number of rotatable bonds is 2. The Balaban J connectivity index is 0.000000141. The number of sulfone groups is 1. The first-order valence-corrected chi connectivity index (χ1v) is 14.8. The summed E-state index contributed by atoms with van der Waals surface area (Å²) < 4.78 is 23.4. The van der Waals surface area contributed by atoms with Crippen LogP contribution in [0.3, 0.4) is 0 Å². The monoisotopic (exact) mass is 490 g/mol. The highest BCUT2D eigenvalue weighted by atomic mass is 32.3. The van der Waals surface area contributed by atoms with Crippen LogP contribution in [0.25, 0.3) is 21.5 Å². The standard InChI is InChI=1S/C18H16.C10H10O2S3/c1-3-7-15-13(5-1)9-11-18-16-8-4-2-6-14(16)10-12-17(15)18;11-15(12,9-5-1-3-7-13-9)10-6-2-4-8-14-10/h1,3,5,7,9-12H,2,4,6,8H2;1-10H. The Bertz CT molecular complexity index is 1360. The molecule has 2 atom stereocenters. The lowest BCUT2D eigenvalue weighted by Crippen LogP contribution is -2.25. The highest BCUT2D eigenvalue weighted by Gasteiger charge is 2.31. The molecule has 3 aromatic rings. The Kier molecular flexibility index (Phi) is 6.81. The normalized spacial score (nSPS) is 21.6. The van der Waals surface area contributed by atoms with Gasteiger partial charge in [0.2, 0.25) is 0 Å². The topological polar surface area (TPSA) is 34.1 Å². The molecule has 3 aromatic carbocycles. The van der Waals surface area contributed by atoms with Crippen molar-refractivity contribution in [1.82, 2.24) is 0 Å². The van der Waals surface area contributed by atoms with Crippen molar-refractivity contribution in [1.29, 1.82) is 0 Å². The highest BCUT2D eigenvalue weighted by molar-refractivity contribution is 8.22. The third-order valence-electron chi connectivity index (χ3n) is 6.25. The summed E-state index contributed by atoms with van der Waals surface area (Å²) in [5.74, 6) is 0. The minimum Gasteiger partial charge on any atom is -0.226 e. The summed E-state index contributed by atoms with van der Waals surface area (Å²) in [6.45, 7) is 0. The van der Waals surface area contributed by atoms with Gasteiger partial charge in [-0.25, -0.2) is 8.42 Å². The zero-order valence-electron chi connectivity index (χ0n) is 18.3. The summed E-state index contributed by atoms with van der Waals surface area (Å²) in [6, 6.07) is 18.0. The predicted molar refractivity (Wildman–Crippen MR) is 146 cm³/mol. The van der Waals surface area contributed by atoms with Gasteiger partial charge in [0.15, 0.2) is 9.84 Å². The molecule has 3 aliphatic rings. The van der Waals surface area contributed by atoms with E-state index in [1.54, 1.807) is 35.4 Å². The van der Waals surface area contributed by atoms with Gasteiger partial charge in [-0.05, 0) is 69.2 Å². The molecule has 0 amide bonds. The van der Waals surface area contributed by atoms with Crippen molar-refractivity contribution in [3.8, 4) is 0 Å². The van der Waals surface area contributed by atoms with Gasteiger partial charge >= 0.3 is 0 Å². The average molecular weight is 491 g/mol. The molecule has 0 N–H and O–H groups in total. The van der Waals surface area contributed by atoms with Crippen LogP contribution in [0.4, 0.5) is 0 Å². The number of hydrogen-bond donors (Lipinski definition) is 0. The molecular formula is C28H26O2S3. The van der Waals surface area contributed by atoms with Crippen molar-refractivity contribution >= 4 is 54.9 Å². The fourth-order valence-corrected chi connectivity index (χ4v) is 9.06. The fourth-order valence-electron chi connectivity index (χ4n) is 4.59. The molecule has 2 heterocycles. The van der Waals surface area contributed by atoms with E-state index in [1.807, 2.05) is 23.0 Å². The lowest BCUT2D eigenvalue weighted by atomic mass is 9.86. The molecule has 0 fully saturated rings. The molecule has 0 spiro atoms. The van der Waals surface area contributed by atoms with E-state index in [1.165, 1.54) is 70.8 Å². The Hall–Kier alpha value is -2.21. The van der Waals surface area contributed by atoms with Crippen LogP contribution in [-0.2, 0) is 22.7 Å². The van der Waals surface area contributed by atoms with Crippen molar-refractivity contribution in [3.63, 3.8) is 0 Å². The summed E-state index contributed by atoms with van der Waals surface area (Å²) in [4.78, 5) is 0. The van der Waals surface area contributed by atoms with Gasteiger partial charge < -0.3 is 0 Å². The van der Waals surface area contributed by atoms with Gasteiger partial charge in [0.25, 0.3) is 0 Å². The number of hydrogen-bond acceptors (Lipinski definition) is 4. The molecule has 6 rings (SSSR count). The molecule has 5 heteroatoms. The van der Waals surface area contributed by atoms with Crippen molar-refractivity contribution in [3.05, 3.63) is 107 Å². The number of allylic oxidation sites excluding steroid dienone is 4. The van der Waals surface area contributed by atoms with E-state index in [0.29, 0.717) is 0 Å². The summed E-state index contributed by atoms with van der Waals surface area (Å²) in [5, 5.41) is 9.27. The van der Waals surface area contributed by atoms with Gasteiger partial charge in [0, 0.05) is 0 Å². The molecule has 0 saturated heterocycles. The molecule has 0 radical (unpaired) electrons. The van der Waals surface area contributed by atoms with Crippen LogP contribution in [-0.4, -0.2) is 17.6 Å². The first-order valence-electron chi connectivity index (χ1n) is 11.3. The highest BCUT2D eigenvalue weighted by Crippen LogP contribution is 2.34. The van der Waals surface area contributed by atoms with Crippen LogP contribution in [0.2, 0.25) is 0 Å². The van der Waals surface area contributed by atoms with Gasteiger partial charge in [-0.3, -0.25) is 0 Å². The van der Waals surface area contributed by atoms with Crippen LogP contribution >= 0.6 is 23.5 Å². The maximum absolute atomic E-state index is 12.1. The molecule has 0 aromatic heterocycles. The van der Waals surface area contributed by atoms with Gasteiger partial charge in [-0.15, -0.1) is 23.5 Å². The molecule has 168 valence electrons. The van der Waals surface area contributed by atoms with Crippen LogP contribution < -0.4 is 0 Å². The fraction of sp³-hybridized carbons (Fsp3) is 0.214. The first kappa shape index (κ1) is 22.6. The van der Waals surface area contributed by atoms with Crippen molar-refractivity contribution in [2.75, 3.05) is 0 Å². The largest absolute Gasteiger partial charge is 0.226 e. The maximum atomic E-state index is 12.1. The predicted octanol–water partition coefficient (Wildman–Crippen LogP) is 7.56. The Labute approximate surface area is 204 Å². The molecule has 1 aliphatic carbocycles. The molecule has 33 heavy (non-hydrogen) atoms. The van der Waals surface area contributed by atoms with Crippen molar-refractivity contribution < 1.29 is 8.42 Å². The summed E-state index contributed by atoms with van der Waals surface area (Å²) in [7, 11) is -3.14. The van der Waals surface area contributed by atoms with E-state index >= 15 is 0 Å². The zero-order chi connectivity index (χ0) is 22.7. The molecule has 0 bridgehead atoms. The quantitative estimate of drug-likeness (QED) is 0.347. The Morgan fingerprint density at radius 1 is 0.667 bits per heavy atom. The van der Waals surface area contributed by atoms with Gasteiger partial charge in [-0.1, -0.05) is 85.0 Å². The second-order valence-electron chi connectivity index (χ2n) is 8.32. The molecule has 2 aliphatic heterocycles. The molecule has 0 saturated carbocycles. The number of thioether (sulfide) groups is 2. The summed E-state index contributed by atoms with van der Waals surface area (Å²) in [6.07, 6.45) is 15.9. The van der Waals surface area contributed by atoms with Crippen LogP contribution in [0.15, 0.2) is 95.8 Å². The minimum atomic E-state index is -3.14. The summed E-state index contributed by atoms with van der Waals surface area (Å²) >= 11 is 2.67. The Morgan fingerprint density at radius 2 is 1.33 bits per heavy atom. The van der Waals surface area contributed by atoms with Crippen LogP contribution in [0.1, 0.15) is 24.0 Å². The van der Waals surface area contributed by atoms with Gasteiger partial charge in [0.05, 0.1) is 0 Å². The second-order valence-corrected chi connectivity index (χ2v) is 13.2. The molecule has 2 nitrogen and oxygen atoms in total. The lowest BCUT2D eigenvalue weighted by Gasteiger charge is -2.19. The second kappa shape index (κ2) is 9.96. The number of benzene rings is 3. The zero-order valence-corrected chi connectivity index (χ0v) is 20.7. The van der Waals surface area contributed by atoms with Crippen LogP contribution in [0.5, 0.6) is 0 Å². The van der Waals surface area contributed by atoms with E-state index in [2.05, 4.69) is 48.5 Å². The first-order chi connectivity index (χ1) is 16.1. The lowest BCUT2D eigenvalue weighted by molar-refractivity contribution is 0.598. The third kappa shape index (κ3) is 4.72. The van der Waals surface area contributed by atoms with Gasteiger partial charge in [-0.2, -0.15) is 0 Å².